The molecule has 1 saturated carbocycles. The zero-order valence-electron chi connectivity index (χ0n) is 8.44. The van der Waals surface area contributed by atoms with Crippen LogP contribution in [0.3, 0.4) is 0 Å². The number of carbonyl (C=O) groups is 1. The number of carboxylic acid groups (broad SMARTS) is 1. The van der Waals surface area contributed by atoms with Crippen molar-refractivity contribution in [3.63, 3.8) is 0 Å². The Bertz CT molecular complexity index is 424. The molecule has 1 aromatic heterocycles. The average molecular weight is 203 g/mol. The fourth-order valence-electron chi connectivity index (χ4n) is 2.26. The van der Waals surface area contributed by atoms with E-state index in [9.17, 15) is 4.79 Å². The van der Waals surface area contributed by atoms with Crippen LogP contribution in [-0.4, -0.2) is 16.1 Å². The summed E-state index contributed by atoms with van der Waals surface area (Å²) in [4.78, 5) is 15.5. The summed E-state index contributed by atoms with van der Waals surface area (Å²) in [7, 11) is 0. The molecule has 0 amide bonds. The summed E-state index contributed by atoms with van der Waals surface area (Å²) in [5, 5.41) is 8.95. The lowest BCUT2D eigenvalue weighted by atomic mass is 10.1. The molecule has 2 aliphatic carbocycles. The van der Waals surface area contributed by atoms with E-state index in [1.807, 2.05) is 0 Å². The number of aliphatic carboxylic acids is 1. The second-order valence-corrected chi connectivity index (χ2v) is 4.56. The standard InChI is InChI=1S/C12H13NO2/c14-12(15)9-5-8-3-4-10(7-1-2-7)13-11(8)6-9/h3-4,7,9H,1-2,5-6H2,(H,14,15). The van der Waals surface area contributed by atoms with E-state index in [0.717, 1.165) is 11.3 Å². The number of nitrogens with zero attached hydrogens (tertiary/aromatic N) is 1. The SMILES string of the molecule is O=C(O)C1Cc2ccc(C3CC3)nc2C1. The minimum Gasteiger partial charge on any atom is -0.481 e. The highest BCUT2D eigenvalue weighted by Crippen LogP contribution is 2.40. The van der Waals surface area contributed by atoms with Crippen molar-refractivity contribution in [2.75, 3.05) is 0 Å². The van der Waals surface area contributed by atoms with Crippen molar-refractivity contribution in [3.05, 3.63) is 29.1 Å². The number of fused-ring (bicyclic) bond motifs is 1. The zero-order chi connectivity index (χ0) is 10.4. The van der Waals surface area contributed by atoms with Gasteiger partial charge in [0.1, 0.15) is 0 Å². The van der Waals surface area contributed by atoms with Crippen LogP contribution in [0.15, 0.2) is 12.1 Å². The smallest absolute Gasteiger partial charge is 0.307 e. The average Bonchev–Trinajstić information content (AvgIpc) is 2.96. The molecule has 3 nitrogen and oxygen atoms in total. The van der Waals surface area contributed by atoms with Crippen molar-refractivity contribution in [3.8, 4) is 0 Å². The normalized spacial score (nSPS) is 23.9. The Morgan fingerprint density at radius 1 is 1.33 bits per heavy atom. The van der Waals surface area contributed by atoms with Crippen LogP contribution in [0.5, 0.6) is 0 Å². The number of hydrogen-bond donors (Lipinski definition) is 1. The van der Waals surface area contributed by atoms with Crippen molar-refractivity contribution < 1.29 is 9.90 Å². The van der Waals surface area contributed by atoms with E-state index in [2.05, 4.69) is 17.1 Å². The number of aromatic nitrogens is 1. The minimum absolute atomic E-state index is 0.248. The molecule has 1 heterocycles. The Morgan fingerprint density at radius 2 is 2.13 bits per heavy atom. The molecule has 1 fully saturated rings. The summed E-state index contributed by atoms with van der Waals surface area (Å²) in [5.41, 5.74) is 3.32. The molecule has 1 N–H and O–H groups in total. The second-order valence-electron chi connectivity index (χ2n) is 4.56. The van der Waals surface area contributed by atoms with Crippen molar-refractivity contribution in [2.24, 2.45) is 5.92 Å². The third-order valence-corrected chi connectivity index (χ3v) is 3.34. The largest absolute Gasteiger partial charge is 0.481 e. The molecule has 78 valence electrons. The van der Waals surface area contributed by atoms with Crippen LogP contribution >= 0.6 is 0 Å². The Balaban J connectivity index is 1.89. The Labute approximate surface area is 88.1 Å². The van der Waals surface area contributed by atoms with Gasteiger partial charge >= 0.3 is 5.97 Å². The van der Waals surface area contributed by atoms with Gasteiger partial charge in [0, 0.05) is 23.7 Å². The molecule has 3 rings (SSSR count). The minimum atomic E-state index is -0.694. The summed E-state index contributed by atoms with van der Waals surface area (Å²) in [5.74, 6) is -0.290. The first-order valence-corrected chi connectivity index (χ1v) is 5.45. The van der Waals surface area contributed by atoms with E-state index >= 15 is 0 Å². The van der Waals surface area contributed by atoms with Crippen molar-refractivity contribution in [2.45, 2.75) is 31.6 Å². The lowest BCUT2D eigenvalue weighted by molar-refractivity contribution is -0.141. The van der Waals surface area contributed by atoms with Crippen molar-refractivity contribution in [1.29, 1.82) is 0 Å². The molecule has 0 saturated heterocycles. The molecule has 0 aliphatic heterocycles. The Hall–Kier alpha value is -1.38. The molecule has 0 radical (unpaired) electrons. The van der Waals surface area contributed by atoms with Gasteiger partial charge < -0.3 is 5.11 Å². The van der Waals surface area contributed by atoms with E-state index in [1.165, 1.54) is 18.5 Å². The predicted octanol–water partition coefficient (Wildman–Crippen LogP) is 1.76. The molecule has 0 spiro atoms. The number of pyridine rings is 1. The molecule has 2 aliphatic rings. The van der Waals surface area contributed by atoms with E-state index in [4.69, 9.17) is 5.11 Å². The first-order chi connectivity index (χ1) is 7.24. The van der Waals surface area contributed by atoms with Gasteiger partial charge in [0.2, 0.25) is 0 Å². The third-order valence-electron chi connectivity index (χ3n) is 3.34. The highest BCUT2D eigenvalue weighted by Gasteiger charge is 2.31. The van der Waals surface area contributed by atoms with Gasteiger partial charge in [0.25, 0.3) is 0 Å². The van der Waals surface area contributed by atoms with E-state index in [0.29, 0.717) is 18.8 Å². The van der Waals surface area contributed by atoms with Crippen LogP contribution in [0.1, 0.15) is 35.7 Å². The summed E-state index contributed by atoms with van der Waals surface area (Å²) >= 11 is 0. The molecule has 3 heteroatoms. The molecule has 1 atom stereocenters. The quantitative estimate of drug-likeness (QED) is 0.796. The molecule has 0 bridgehead atoms. The highest BCUT2D eigenvalue weighted by molar-refractivity contribution is 5.72. The van der Waals surface area contributed by atoms with Gasteiger partial charge in [-0.1, -0.05) is 6.07 Å². The van der Waals surface area contributed by atoms with Gasteiger partial charge in [-0.15, -0.1) is 0 Å². The molecule has 0 aromatic carbocycles. The first-order valence-electron chi connectivity index (χ1n) is 5.45. The molecule has 1 aromatic rings. The number of carboxylic acids is 1. The van der Waals surface area contributed by atoms with Crippen LogP contribution in [-0.2, 0) is 17.6 Å². The topological polar surface area (TPSA) is 50.2 Å². The zero-order valence-corrected chi connectivity index (χ0v) is 8.44. The lowest BCUT2D eigenvalue weighted by Crippen LogP contribution is -2.13. The van der Waals surface area contributed by atoms with E-state index in [-0.39, 0.29) is 5.92 Å². The number of hydrogen-bond acceptors (Lipinski definition) is 2. The summed E-state index contributed by atoms with van der Waals surface area (Å²) in [6.45, 7) is 0. The van der Waals surface area contributed by atoms with E-state index in [1.54, 1.807) is 0 Å². The van der Waals surface area contributed by atoms with Crippen LogP contribution in [0.4, 0.5) is 0 Å². The summed E-state index contributed by atoms with van der Waals surface area (Å²) in [6.07, 6.45) is 3.76. The maximum atomic E-state index is 10.9. The van der Waals surface area contributed by atoms with Crippen molar-refractivity contribution in [1.82, 2.24) is 4.98 Å². The van der Waals surface area contributed by atoms with Gasteiger partial charge in [0.05, 0.1) is 5.92 Å². The second kappa shape index (κ2) is 3.05. The highest BCUT2D eigenvalue weighted by atomic mass is 16.4. The van der Waals surface area contributed by atoms with Crippen molar-refractivity contribution >= 4 is 5.97 Å². The van der Waals surface area contributed by atoms with Crippen LogP contribution in [0.25, 0.3) is 0 Å². The maximum Gasteiger partial charge on any atom is 0.307 e. The summed E-state index contributed by atoms with van der Waals surface area (Å²) < 4.78 is 0. The van der Waals surface area contributed by atoms with Crippen LogP contribution < -0.4 is 0 Å². The van der Waals surface area contributed by atoms with E-state index < -0.39 is 5.97 Å². The van der Waals surface area contributed by atoms with Gasteiger partial charge in [-0.05, 0) is 30.9 Å². The molecular weight excluding hydrogens is 190 g/mol. The van der Waals surface area contributed by atoms with Crippen LogP contribution in [0.2, 0.25) is 0 Å². The van der Waals surface area contributed by atoms with Gasteiger partial charge in [-0.2, -0.15) is 0 Å². The monoisotopic (exact) mass is 203 g/mol. The molecule has 1 unspecified atom stereocenters. The van der Waals surface area contributed by atoms with Gasteiger partial charge in [-0.3, -0.25) is 9.78 Å². The van der Waals surface area contributed by atoms with Gasteiger partial charge in [0.15, 0.2) is 0 Å². The Kier molecular flexibility index (Phi) is 1.81. The fraction of sp³-hybridized carbons (Fsp3) is 0.500. The maximum absolute atomic E-state index is 10.9. The third kappa shape index (κ3) is 1.52. The fourth-order valence-corrected chi connectivity index (χ4v) is 2.26. The molecular formula is C12H13NO2. The summed E-state index contributed by atoms with van der Waals surface area (Å²) in [6, 6.07) is 4.14. The van der Waals surface area contributed by atoms with Crippen LogP contribution in [0, 0.1) is 5.92 Å². The number of rotatable bonds is 2. The Morgan fingerprint density at radius 3 is 2.80 bits per heavy atom. The van der Waals surface area contributed by atoms with Gasteiger partial charge in [-0.25, -0.2) is 0 Å². The predicted molar refractivity (Wildman–Crippen MR) is 54.7 cm³/mol. The first kappa shape index (κ1) is 8.89. The molecule has 15 heavy (non-hydrogen) atoms. The lowest BCUT2D eigenvalue weighted by Gasteiger charge is -2.01.